The summed E-state index contributed by atoms with van der Waals surface area (Å²) >= 11 is 0. The fourth-order valence-electron chi connectivity index (χ4n) is 1.24. The summed E-state index contributed by atoms with van der Waals surface area (Å²) in [7, 11) is 0. The Kier molecular flexibility index (Phi) is 4.85. The van der Waals surface area contributed by atoms with Crippen molar-refractivity contribution < 1.29 is 4.79 Å². The molecule has 0 spiro atoms. The lowest BCUT2D eigenvalue weighted by Gasteiger charge is -2.06. The molecule has 0 aromatic heterocycles. The predicted molar refractivity (Wildman–Crippen MR) is 63.1 cm³/mol. The molecule has 1 rings (SSSR count). The van der Waals surface area contributed by atoms with Crippen molar-refractivity contribution in [1.82, 2.24) is 10.6 Å². The van der Waals surface area contributed by atoms with Gasteiger partial charge in [-0.25, -0.2) is 0 Å². The summed E-state index contributed by atoms with van der Waals surface area (Å²) in [5.74, 6) is -0.117. The first-order valence-corrected chi connectivity index (χ1v) is 5.07. The monoisotopic (exact) mass is 220 g/mol. The van der Waals surface area contributed by atoms with Crippen LogP contribution in [0.4, 0.5) is 0 Å². The Balaban J connectivity index is 2.19. The molecule has 0 aliphatic carbocycles. The van der Waals surface area contributed by atoms with E-state index in [4.69, 9.17) is 11.1 Å². The Morgan fingerprint density at radius 3 is 2.44 bits per heavy atom. The molecular weight excluding hydrogens is 204 g/mol. The van der Waals surface area contributed by atoms with Gasteiger partial charge in [0, 0.05) is 13.1 Å². The van der Waals surface area contributed by atoms with E-state index in [0.29, 0.717) is 19.5 Å². The summed E-state index contributed by atoms with van der Waals surface area (Å²) in [6.07, 6.45) is 0.376. The lowest BCUT2D eigenvalue weighted by molar-refractivity contribution is -0.120. The van der Waals surface area contributed by atoms with Crippen LogP contribution in [0.2, 0.25) is 0 Å². The van der Waals surface area contributed by atoms with Crippen LogP contribution in [0.25, 0.3) is 0 Å². The van der Waals surface area contributed by atoms with E-state index in [2.05, 4.69) is 10.6 Å². The molecule has 5 nitrogen and oxygen atoms in total. The van der Waals surface area contributed by atoms with E-state index in [-0.39, 0.29) is 11.9 Å². The minimum Gasteiger partial charge on any atom is -0.370 e. The summed E-state index contributed by atoms with van der Waals surface area (Å²) in [5, 5.41) is 12.3. The SMILES string of the molecule is N=C(N)NCCNC(=O)Cc1ccccc1. The van der Waals surface area contributed by atoms with Crippen molar-refractivity contribution in [2.45, 2.75) is 6.42 Å². The molecule has 0 heterocycles. The number of hydrogen-bond acceptors (Lipinski definition) is 2. The molecule has 1 aromatic rings. The Hall–Kier alpha value is -2.04. The highest BCUT2D eigenvalue weighted by atomic mass is 16.1. The van der Waals surface area contributed by atoms with E-state index in [1.807, 2.05) is 30.3 Å². The number of rotatable bonds is 5. The van der Waals surface area contributed by atoms with Crippen LogP contribution in [0, 0.1) is 5.41 Å². The second-order valence-electron chi connectivity index (χ2n) is 3.35. The van der Waals surface area contributed by atoms with E-state index in [1.165, 1.54) is 0 Å². The minimum atomic E-state index is -0.0858. The summed E-state index contributed by atoms with van der Waals surface area (Å²) in [6, 6.07) is 9.54. The number of nitrogens with one attached hydrogen (secondary N) is 3. The third-order valence-electron chi connectivity index (χ3n) is 1.97. The van der Waals surface area contributed by atoms with Gasteiger partial charge in [-0.3, -0.25) is 10.2 Å². The van der Waals surface area contributed by atoms with Gasteiger partial charge in [0.2, 0.25) is 5.91 Å². The number of benzene rings is 1. The van der Waals surface area contributed by atoms with Gasteiger partial charge in [-0.05, 0) is 5.56 Å². The van der Waals surface area contributed by atoms with Crippen molar-refractivity contribution in [1.29, 1.82) is 5.41 Å². The molecule has 0 aliphatic rings. The third-order valence-corrected chi connectivity index (χ3v) is 1.97. The largest absolute Gasteiger partial charge is 0.370 e. The van der Waals surface area contributed by atoms with E-state index in [1.54, 1.807) is 0 Å². The lowest BCUT2D eigenvalue weighted by atomic mass is 10.1. The maximum Gasteiger partial charge on any atom is 0.224 e. The van der Waals surface area contributed by atoms with Gasteiger partial charge in [0.05, 0.1) is 6.42 Å². The van der Waals surface area contributed by atoms with Crippen LogP contribution in [-0.4, -0.2) is 25.0 Å². The highest BCUT2D eigenvalue weighted by Crippen LogP contribution is 1.98. The van der Waals surface area contributed by atoms with Crippen LogP contribution in [-0.2, 0) is 11.2 Å². The molecule has 0 atom stereocenters. The topological polar surface area (TPSA) is 91.0 Å². The Labute approximate surface area is 94.5 Å². The number of carbonyl (C=O) groups excluding carboxylic acids is 1. The van der Waals surface area contributed by atoms with Gasteiger partial charge in [0.1, 0.15) is 0 Å². The van der Waals surface area contributed by atoms with Crippen molar-refractivity contribution in [3.05, 3.63) is 35.9 Å². The van der Waals surface area contributed by atoms with E-state index >= 15 is 0 Å². The molecule has 0 radical (unpaired) electrons. The zero-order chi connectivity index (χ0) is 11.8. The average molecular weight is 220 g/mol. The first-order chi connectivity index (χ1) is 7.68. The van der Waals surface area contributed by atoms with Crippen molar-refractivity contribution in [3.63, 3.8) is 0 Å². The van der Waals surface area contributed by atoms with Crippen molar-refractivity contribution in [2.75, 3.05) is 13.1 Å². The van der Waals surface area contributed by atoms with Crippen LogP contribution in [0.5, 0.6) is 0 Å². The molecule has 16 heavy (non-hydrogen) atoms. The zero-order valence-electron chi connectivity index (χ0n) is 8.99. The molecule has 86 valence electrons. The highest BCUT2D eigenvalue weighted by Gasteiger charge is 2.01. The van der Waals surface area contributed by atoms with E-state index in [9.17, 15) is 4.79 Å². The van der Waals surface area contributed by atoms with E-state index < -0.39 is 0 Å². The number of guanidine groups is 1. The van der Waals surface area contributed by atoms with Gasteiger partial charge >= 0.3 is 0 Å². The zero-order valence-corrected chi connectivity index (χ0v) is 8.99. The van der Waals surface area contributed by atoms with E-state index in [0.717, 1.165) is 5.56 Å². The van der Waals surface area contributed by atoms with Gasteiger partial charge in [-0.15, -0.1) is 0 Å². The highest BCUT2D eigenvalue weighted by molar-refractivity contribution is 5.78. The van der Waals surface area contributed by atoms with Crippen LogP contribution in [0.3, 0.4) is 0 Å². The number of nitrogens with two attached hydrogens (primary N) is 1. The quantitative estimate of drug-likeness (QED) is 0.315. The maximum atomic E-state index is 11.4. The molecule has 0 saturated heterocycles. The molecular formula is C11H16N4O. The van der Waals surface area contributed by atoms with Crippen LogP contribution in [0.1, 0.15) is 5.56 Å². The standard InChI is InChI=1S/C11H16N4O/c12-11(13)15-7-6-14-10(16)8-9-4-2-1-3-5-9/h1-5H,6-8H2,(H,14,16)(H4,12,13,15). The van der Waals surface area contributed by atoms with Gasteiger partial charge in [0.15, 0.2) is 5.96 Å². The molecule has 0 bridgehead atoms. The van der Waals surface area contributed by atoms with Gasteiger partial charge in [-0.1, -0.05) is 30.3 Å². The van der Waals surface area contributed by atoms with Crippen LogP contribution < -0.4 is 16.4 Å². The fourth-order valence-corrected chi connectivity index (χ4v) is 1.24. The van der Waals surface area contributed by atoms with Crippen LogP contribution in [0.15, 0.2) is 30.3 Å². The summed E-state index contributed by atoms with van der Waals surface area (Å²) in [5.41, 5.74) is 6.08. The lowest BCUT2D eigenvalue weighted by Crippen LogP contribution is -2.38. The molecule has 0 unspecified atom stereocenters. The molecule has 1 amide bonds. The Bertz CT molecular complexity index is 350. The molecule has 0 saturated carbocycles. The van der Waals surface area contributed by atoms with Gasteiger partial charge in [0.25, 0.3) is 0 Å². The molecule has 5 heteroatoms. The normalized spacial score (nSPS) is 9.50. The summed E-state index contributed by atoms with van der Waals surface area (Å²) in [6.45, 7) is 0.932. The molecule has 0 fully saturated rings. The summed E-state index contributed by atoms with van der Waals surface area (Å²) < 4.78 is 0. The molecule has 1 aromatic carbocycles. The molecule has 0 aliphatic heterocycles. The van der Waals surface area contributed by atoms with Crippen molar-refractivity contribution >= 4 is 11.9 Å². The second-order valence-corrected chi connectivity index (χ2v) is 3.35. The van der Waals surface area contributed by atoms with Gasteiger partial charge < -0.3 is 16.4 Å². The number of amides is 1. The molecule has 5 N–H and O–H groups in total. The number of hydrogen-bond donors (Lipinski definition) is 4. The maximum absolute atomic E-state index is 11.4. The smallest absolute Gasteiger partial charge is 0.224 e. The predicted octanol–water partition coefficient (Wildman–Crippen LogP) is -0.172. The number of carbonyl (C=O) groups is 1. The van der Waals surface area contributed by atoms with Crippen LogP contribution >= 0.6 is 0 Å². The first kappa shape index (κ1) is 12.0. The average Bonchev–Trinajstić information content (AvgIpc) is 2.25. The first-order valence-electron chi connectivity index (χ1n) is 5.07. The minimum absolute atomic E-state index is 0.0310. The third kappa shape index (κ3) is 4.99. The van der Waals surface area contributed by atoms with Crippen molar-refractivity contribution in [2.24, 2.45) is 5.73 Å². The Morgan fingerprint density at radius 1 is 1.19 bits per heavy atom. The Morgan fingerprint density at radius 2 is 1.81 bits per heavy atom. The fraction of sp³-hybridized carbons (Fsp3) is 0.273. The second kappa shape index (κ2) is 6.44. The van der Waals surface area contributed by atoms with Crippen molar-refractivity contribution in [3.8, 4) is 0 Å². The summed E-state index contributed by atoms with van der Waals surface area (Å²) in [4.78, 5) is 11.4. The van der Waals surface area contributed by atoms with Gasteiger partial charge in [-0.2, -0.15) is 0 Å².